The van der Waals surface area contributed by atoms with Crippen molar-refractivity contribution in [3.8, 4) is 0 Å². The summed E-state index contributed by atoms with van der Waals surface area (Å²) >= 11 is 0. The predicted molar refractivity (Wildman–Crippen MR) is 61.7 cm³/mol. The number of hydrogen-bond acceptors (Lipinski definition) is 3. The van der Waals surface area contributed by atoms with Crippen molar-refractivity contribution in [3.63, 3.8) is 0 Å². The minimum atomic E-state index is 0.617. The first kappa shape index (κ1) is 10.0. The minimum Gasteiger partial charge on any atom is -0.399 e. The van der Waals surface area contributed by atoms with E-state index < -0.39 is 0 Å². The molecule has 3 nitrogen and oxygen atoms in total. The first-order valence-corrected chi connectivity index (χ1v) is 5.34. The van der Waals surface area contributed by atoms with E-state index in [1.54, 1.807) is 12.1 Å². The molecule has 0 amide bonds. The van der Waals surface area contributed by atoms with Crippen LogP contribution in [0.2, 0.25) is 0 Å². The quantitative estimate of drug-likeness (QED) is 0.744. The van der Waals surface area contributed by atoms with Crippen molar-refractivity contribution in [1.29, 1.82) is 0 Å². The lowest BCUT2D eigenvalue weighted by Crippen LogP contribution is -2.30. The zero-order chi connectivity index (χ0) is 10.7. The van der Waals surface area contributed by atoms with E-state index in [2.05, 4.69) is 4.90 Å². The van der Waals surface area contributed by atoms with Crippen LogP contribution in [0, 0.1) is 0 Å². The van der Waals surface area contributed by atoms with E-state index >= 15 is 0 Å². The van der Waals surface area contributed by atoms with Gasteiger partial charge in [-0.1, -0.05) is 0 Å². The van der Waals surface area contributed by atoms with Gasteiger partial charge in [-0.2, -0.15) is 0 Å². The van der Waals surface area contributed by atoms with Crippen LogP contribution in [0.1, 0.15) is 24.8 Å². The molecule has 1 saturated heterocycles. The summed E-state index contributed by atoms with van der Waals surface area (Å²) in [5.74, 6) is 0. The monoisotopic (exact) mass is 203 g/mol. The van der Waals surface area contributed by atoms with E-state index in [1.165, 1.54) is 19.3 Å². The van der Waals surface area contributed by atoms with Crippen LogP contribution in [0.5, 0.6) is 0 Å². The maximum atomic E-state index is 10.8. The number of piperidine rings is 1. The second-order valence-corrected chi connectivity index (χ2v) is 3.93. The van der Waals surface area contributed by atoms with Gasteiger partial charge in [-0.15, -0.1) is 0 Å². The van der Waals surface area contributed by atoms with Crippen LogP contribution in [0.25, 0.3) is 0 Å². The Morgan fingerprint density at radius 2 is 1.93 bits per heavy atom. The van der Waals surface area contributed by atoms with Gasteiger partial charge in [-0.3, -0.25) is 4.79 Å². The zero-order valence-electron chi connectivity index (χ0n) is 8.70. The summed E-state index contributed by atoms with van der Waals surface area (Å²) in [5, 5.41) is 0. The normalized spacial score (nSPS) is 16.4. The summed E-state index contributed by atoms with van der Waals surface area (Å²) in [6, 6.07) is 5.35. The number of benzene rings is 1. The summed E-state index contributed by atoms with van der Waals surface area (Å²) in [6.45, 7) is 2.02. The first-order chi connectivity index (χ1) is 7.31. The van der Waals surface area contributed by atoms with Crippen molar-refractivity contribution < 1.29 is 4.79 Å². The number of rotatable bonds is 2. The topological polar surface area (TPSA) is 46.3 Å². The van der Waals surface area contributed by atoms with Crippen molar-refractivity contribution >= 4 is 17.7 Å². The molecule has 0 unspecified atom stereocenters. The summed E-state index contributed by atoms with van der Waals surface area (Å²) in [4.78, 5) is 13.0. The van der Waals surface area contributed by atoms with E-state index in [9.17, 15) is 4.79 Å². The Kier molecular flexibility index (Phi) is 2.90. The summed E-state index contributed by atoms with van der Waals surface area (Å²) in [7, 11) is 0. The van der Waals surface area contributed by atoms with E-state index in [0.717, 1.165) is 18.8 Å². The Morgan fingerprint density at radius 1 is 1.20 bits per heavy atom. The lowest BCUT2D eigenvalue weighted by atomic mass is 10.1. The van der Waals surface area contributed by atoms with Crippen molar-refractivity contribution in [2.24, 2.45) is 0 Å². The fraction of sp³-hybridized carbons (Fsp3) is 0.417. The van der Waals surface area contributed by atoms with Crippen LogP contribution in [0.3, 0.4) is 0 Å². The van der Waals surface area contributed by atoms with Gasteiger partial charge in [-0.25, -0.2) is 0 Å². The van der Waals surface area contributed by atoms with Crippen LogP contribution in [-0.2, 0) is 4.79 Å². The molecule has 1 aliphatic rings. The van der Waals surface area contributed by atoms with Crippen molar-refractivity contribution in [2.75, 3.05) is 23.7 Å². The average Bonchev–Trinajstić information content (AvgIpc) is 2.30. The van der Waals surface area contributed by atoms with Gasteiger partial charge in [0, 0.05) is 24.3 Å². The number of carbonyl (C=O) groups excluding carboxylic acids is 1. The molecule has 1 aliphatic heterocycles. The molecule has 1 aromatic carbocycles. The molecule has 3 heteroatoms. The summed E-state index contributed by atoms with van der Waals surface area (Å²) < 4.78 is 0. The molecule has 0 aliphatic carbocycles. The zero-order valence-corrected chi connectivity index (χ0v) is 8.70. The van der Waals surface area contributed by atoms with Crippen molar-refractivity contribution in [2.45, 2.75) is 19.3 Å². The predicted octanol–water partition coefficient (Wildman–Crippen LogP) is 1.72. The second kappa shape index (κ2) is 4.34. The standard InChI is InChI=1S/C12H15N2O/c13-11-5-4-10(9-15)12(8-11)14-6-2-1-3-7-14/h4-5,8H,1-3,6-7,13H2. The Bertz CT molecular complexity index is 357. The van der Waals surface area contributed by atoms with Crippen LogP contribution in [0.4, 0.5) is 11.4 Å². The van der Waals surface area contributed by atoms with Crippen LogP contribution >= 0.6 is 0 Å². The summed E-state index contributed by atoms with van der Waals surface area (Å²) in [6.07, 6.45) is 5.62. The Hall–Kier alpha value is -1.51. The fourth-order valence-electron chi connectivity index (χ4n) is 2.03. The highest BCUT2D eigenvalue weighted by atomic mass is 16.1. The molecule has 0 spiro atoms. The molecule has 1 aromatic rings. The molecule has 79 valence electrons. The van der Waals surface area contributed by atoms with Crippen LogP contribution in [-0.4, -0.2) is 19.4 Å². The third-order valence-electron chi connectivity index (χ3n) is 2.83. The fourth-order valence-corrected chi connectivity index (χ4v) is 2.03. The number of anilines is 2. The SMILES string of the molecule is Nc1ccc([C]=O)c(N2CCCCC2)c1. The number of nitrogens with zero attached hydrogens (tertiary/aromatic N) is 1. The van der Waals surface area contributed by atoms with Crippen molar-refractivity contribution in [1.82, 2.24) is 0 Å². The van der Waals surface area contributed by atoms with E-state index in [0.29, 0.717) is 11.3 Å². The largest absolute Gasteiger partial charge is 0.399 e. The molecule has 2 N–H and O–H groups in total. The smallest absolute Gasteiger partial charge is 0.235 e. The second-order valence-electron chi connectivity index (χ2n) is 3.93. The third-order valence-corrected chi connectivity index (χ3v) is 2.83. The first-order valence-electron chi connectivity index (χ1n) is 5.34. The van der Waals surface area contributed by atoms with Gasteiger partial charge >= 0.3 is 0 Å². The Balaban J connectivity index is 2.31. The molecular weight excluding hydrogens is 188 g/mol. The minimum absolute atomic E-state index is 0.617. The summed E-state index contributed by atoms with van der Waals surface area (Å²) in [5.41, 5.74) is 7.99. The molecular formula is C12H15N2O. The molecule has 0 atom stereocenters. The molecule has 2 rings (SSSR count). The third kappa shape index (κ3) is 2.12. The molecule has 0 saturated carbocycles. The molecule has 15 heavy (non-hydrogen) atoms. The highest BCUT2D eigenvalue weighted by molar-refractivity contribution is 5.86. The van der Waals surface area contributed by atoms with Crippen molar-refractivity contribution in [3.05, 3.63) is 23.8 Å². The maximum absolute atomic E-state index is 10.8. The number of nitrogens with two attached hydrogens (primary N) is 1. The molecule has 1 radical (unpaired) electrons. The van der Waals surface area contributed by atoms with Gasteiger partial charge < -0.3 is 10.6 Å². The average molecular weight is 203 g/mol. The Morgan fingerprint density at radius 3 is 2.60 bits per heavy atom. The highest BCUT2D eigenvalue weighted by Gasteiger charge is 2.14. The van der Waals surface area contributed by atoms with Gasteiger partial charge in [0.1, 0.15) is 0 Å². The molecule has 1 heterocycles. The van der Waals surface area contributed by atoms with Gasteiger partial charge in [0.2, 0.25) is 6.29 Å². The van der Waals surface area contributed by atoms with Crippen LogP contribution < -0.4 is 10.6 Å². The van der Waals surface area contributed by atoms with Crippen LogP contribution in [0.15, 0.2) is 18.2 Å². The van der Waals surface area contributed by atoms with E-state index in [1.807, 2.05) is 12.4 Å². The van der Waals surface area contributed by atoms with Gasteiger partial charge in [0.15, 0.2) is 0 Å². The number of hydrogen-bond donors (Lipinski definition) is 1. The highest BCUT2D eigenvalue weighted by Crippen LogP contribution is 2.25. The lowest BCUT2D eigenvalue weighted by molar-refractivity contribution is 0.560. The van der Waals surface area contributed by atoms with Gasteiger partial charge in [0.05, 0.1) is 5.69 Å². The molecule has 0 aromatic heterocycles. The molecule has 0 bridgehead atoms. The molecule has 1 fully saturated rings. The maximum Gasteiger partial charge on any atom is 0.235 e. The van der Waals surface area contributed by atoms with Gasteiger partial charge in [0.25, 0.3) is 0 Å². The van der Waals surface area contributed by atoms with E-state index in [4.69, 9.17) is 5.73 Å². The van der Waals surface area contributed by atoms with E-state index in [-0.39, 0.29) is 0 Å². The Labute approximate surface area is 89.9 Å². The number of nitrogen functional groups attached to an aromatic ring is 1. The van der Waals surface area contributed by atoms with Gasteiger partial charge in [-0.05, 0) is 37.5 Å². The lowest BCUT2D eigenvalue weighted by Gasteiger charge is -2.29.